The van der Waals surface area contributed by atoms with E-state index in [1.807, 2.05) is 0 Å². The molecule has 0 unspecified atom stereocenters. The number of hydrogen-bond acceptors (Lipinski definition) is 3. The van der Waals surface area contributed by atoms with Gasteiger partial charge in [-0.2, -0.15) is 8.42 Å². The molecule has 0 aromatic heterocycles. The van der Waals surface area contributed by atoms with Crippen LogP contribution in [0.5, 0.6) is 0 Å². The molecule has 0 bridgehead atoms. The van der Waals surface area contributed by atoms with E-state index in [0.29, 0.717) is 0 Å². The molecule has 1 aromatic carbocycles. The molecule has 0 aliphatic carbocycles. The monoisotopic (exact) mass is 244 g/mol. The van der Waals surface area contributed by atoms with Gasteiger partial charge in [0, 0.05) is 5.88 Å². The van der Waals surface area contributed by atoms with E-state index >= 15 is 0 Å². The summed E-state index contributed by atoms with van der Waals surface area (Å²) >= 11 is 5.31. The van der Waals surface area contributed by atoms with Gasteiger partial charge in [0.05, 0.1) is 11.5 Å². The summed E-state index contributed by atoms with van der Waals surface area (Å²) in [6, 6.07) is 7.96. The van der Waals surface area contributed by atoms with Crippen molar-refractivity contribution < 1.29 is 12.6 Å². The van der Waals surface area contributed by atoms with Crippen LogP contribution in [0.2, 0.25) is 0 Å². The van der Waals surface area contributed by atoms with E-state index in [-0.39, 0.29) is 46.9 Å². The summed E-state index contributed by atoms with van der Waals surface area (Å²) in [5.74, 6) is 0.159. The Morgan fingerprint density at radius 3 is 2.29 bits per heavy atom. The van der Waals surface area contributed by atoms with Gasteiger partial charge in [-0.1, -0.05) is 18.2 Å². The third-order valence-corrected chi connectivity index (χ3v) is 2.83. The zero-order valence-electron chi connectivity index (χ0n) is 6.81. The summed E-state index contributed by atoms with van der Waals surface area (Å²) in [6.45, 7) is -0.00121. The summed E-state index contributed by atoms with van der Waals surface area (Å²) in [6.07, 6.45) is 0. The molecular weight excluding hydrogens is 235 g/mol. The average molecular weight is 245 g/mol. The molecule has 0 radical (unpaired) electrons. The van der Waals surface area contributed by atoms with Crippen molar-refractivity contribution in [1.29, 1.82) is 0 Å². The topological polar surface area (TPSA) is 43.4 Å². The standard InChI is InChI=1S/C8H9ClO3S.Na.H/c9-6-7-12-13(10,11)8-4-2-1-3-5-8;;/h1-5H,6-7H2;;. The van der Waals surface area contributed by atoms with Crippen LogP contribution in [0.25, 0.3) is 0 Å². The van der Waals surface area contributed by atoms with Crippen LogP contribution in [0.15, 0.2) is 35.2 Å². The molecule has 0 fully saturated rings. The Labute approximate surface area is 111 Å². The molecule has 0 aliphatic heterocycles. The Morgan fingerprint density at radius 2 is 1.79 bits per heavy atom. The molecule has 0 atom stereocenters. The predicted molar refractivity (Wildman–Crippen MR) is 57.4 cm³/mol. The Morgan fingerprint density at radius 1 is 1.21 bits per heavy atom. The number of alkyl halides is 1. The molecule has 74 valence electrons. The van der Waals surface area contributed by atoms with Gasteiger partial charge in [-0.3, -0.25) is 4.18 Å². The second-order valence-corrected chi connectivity index (χ2v) is 4.27. The Kier molecular flexibility index (Phi) is 7.03. The third kappa shape index (κ3) is 4.29. The van der Waals surface area contributed by atoms with Gasteiger partial charge in [-0.15, -0.1) is 11.6 Å². The number of rotatable bonds is 4. The zero-order valence-corrected chi connectivity index (χ0v) is 8.38. The first-order valence-electron chi connectivity index (χ1n) is 3.67. The third-order valence-electron chi connectivity index (χ3n) is 1.35. The van der Waals surface area contributed by atoms with Gasteiger partial charge in [0.15, 0.2) is 0 Å². The van der Waals surface area contributed by atoms with Crippen LogP contribution < -0.4 is 0 Å². The molecule has 0 aliphatic rings. The first-order chi connectivity index (χ1) is 6.17. The van der Waals surface area contributed by atoms with Gasteiger partial charge in [0.1, 0.15) is 0 Å². The van der Waals surface area contributed by atoms with E-state index in [9.17, 15) is 8.42 Å². The Hall–Kier alpha value is 0.420. The van der Waals surface area contributed by atoms with Crippen molar-refractivity contribution in [1.82, 2.24) is 0 Å². The predicted octanol–water partition coefficient (Wildman–Crippen LogP) is 0.982. The molecule has 0 saturated heterocycles. The van der Waals surface area contributed by atoms with Gasteiger partial charge in [-0.25, -0.2) is 0 Å². The molecule has 0 amide bonds. The van der Waals surface area contributed by atoms with Crippen molar-refractivity contribution in [2.24, 2.45) is 0 Å². The number of hydrogen-bond donors (Lipinski definition) is 0. The summed E-state index contributed by atoms with van der Waals surface area (Å²) in [5, 5.41) is 0. The quantitative estimate of drug-likeness (QED) is 0.451. The second kappa shape index (κ2) is 6.82. The van der Waals surface area contributed by atoms with E-state index in [4.69, 9.17) is 11.6 Å². The molecule has 3 nitrogen and oxygen atoms in total. The van der Waals surface area contributed by atoms with Crippen molar-refractivity contribution in [3.63, 3.8) is 0 Å². The van der Waals surface area contributed by atoms with Crippen LogP contribution >= 0.6 is 11.6 Å². The average Bonchev–Trinajstić information content (AvgIpc) is 2.16. The molecule has 0 N–H and O–H groups in total. The van der Waals surface area contributed by atoms with Gasteiger partial charge in [0.2, 0.25) is 0 Å². The Balaban J connectivity index is 0.00000169. The van der Waals surface area contributed by atoms with E-state index in [0.717, 1.165) is 0 Å². The fourth-order valence-electron chi connectivity index (χ4n) is 0.796. The first-order valence-corrected chi connectivity index (χ1v) is 5.61. The first kappa shape index (κ1) is 14.4. The summed E-state index contributed by atoms with van der Waals surface area (Å²) in [5.41, 5.74) is 0. The van der Waals surface area contributed by atoms with Crippen molar-refractivity contribution in [2.75, 3.05) is 12.5 Å². The minimum absolute atomic E-state index is 0. The molecule has 6 heteroatoms. The maximum atomic E-state index is 11.3. The van der Waals surface area contributed by atoms with Gasteiger partial charge in [0.25, 0.3) is 10.1 Å². The van der Waals surface area contributed by atoms with Crippen molar-refractivity contribution >= 4 is 51.3 Å². The summed E-state index contributed by atoms with van der Waals surface area (Å²) in [7, 11) is -3.61. The summed E-state index contributed by atoms with van der Waals surface area (Å²) in [4.78, 5) is 0.153. The van der Waals surface area contributed by atoms with Gasteiger partial charge in [-0.05, 0) is 12.1 Å². The zero-order chi connectivity index (χ0) is 9.73. The summed E-state index contributed by atoms with van der Waals surface area (Å²) < 4.78 is 27.2. The number of halogens is 1. The molecule has 0 heterocycles. The van der Waals surface area contributed by atoms with Crippen LogP contribution in [0, 0.1) is 0 Å². The van der Waals surface area contributed by atoms with Gasteiger partial charge < -0.3 is 0 Å². The minimum atomic E-state index is -3.61. The molecule has 0 saturated carbocycles. The van der Waals surface area contributed by atoms with E-state index in [1.165, 1.54) is 12.1 Å². The van der Waals surface area contributed by atoms with E-state index in [1.54, 1.807) is 18.2 Å². The van der Waals surface area contributed by atoms with Crippen LogP contribution in [0.3, 0.4) is 0 Å². The van der Waals surface area contributed by atoms with E-state index in [2.05, 4.69) is 4.18 Å². The molecule has 1 rings (SSSR count). The molecular formula is C8H10ClNaO3S. The Bertz CT molecular complexity index is 352. The van der Waals surface area contributed by atoms with Crippen molar-refractivity contribution in [2.45, 2.75) is 4.90 Å². The molecule has 1 aromatic rings. The second-order valence-electron chi connectivity index (χ2n) is 2.28. The fourth-order valence-corrected chi connectivity index (χ4v) is 1.89. The number of benzene rings is 1. The SMILES string of the molecule is O=S(=O)(OCCCl)c1ccccc1.[NaH]. The van der Waals surface area contributed by atoms with Crippen LogP contribution in [0.1, 0.15) is 0 Å². The van der Waals surface area contributed by atoms with Crippen LogP contribution in [0.4, 0.5) is 0 Å². The maximum absolute atomic E-state index is 11.3. The van der Waals surface area contributed by atoms with E-state index < -0.39 is 10.1 Å². The molecule has 0 spiro atoms. The molecule has 14 heavy (non-hydrogen) atoms. The van der Waals surface area contributed by atoms with Crippen LogP contribution in [-0.4, -0.2) is 50.5 Å². The van der Waals surface area contributed by atoms with Crippen molar-refractivity contribution in [3.05, 3.63) is 30.3 Å². The van der Waals surface area contributed by atoms with Gasteiger partial charge >= 0.3 is 29.6 Å². The normalized spacial score (nSPS) is 10.6. The van der Waals surface area contributed by atoms with Crippen LogP contribution in [-0.2, 0) is 14.3 Å². The fraction of sp³-hybridized carbons (Fsp3) is 0.250. The van der Waals surface area contributed by atoms with Crippen molar-refractivity contribution in [3.8, 4) is 0 Å².